The van der Waals surface area contributed by atoms with Crippen LogP contribution in [0.15, 0.2) is 36.4 Å². The summed E-state index contributed by atoms with van der Waals surface area (Å²) in [5.74, 6) is 1.08. The lowest BCUT2D eigenvalue weighted by atomic mass is 9.99. The zero-order valence-corrected chi connectivity index (χ0v) is 16.7. The van der Waals surface area contributed by atoms with Gasteiger partial charge in [0.1, 0.15) is 5.75 Å². The van der Waals surface area contributed by atoms with E-state index in [0.717, 1.165) is 47.8 Å². The topological polar surface area (TPSA) is 54.5 Å². The fraction of sp³-hybridized carbons (Fsp3) is 0.455. The van der Waals surface area contributed by atoms with Crippen LogP contribution in [-0.2, 0) is 4.79 Å². The van der Waals surface area contributed by atoms with Gasteiger partial charge in [-0.2, -0.15) is 0 Å². The van der Waals surface area contributed by atoms with Crippen molar-refractivity contribution in [3.05, 3.63) is 47.8 Å². The molecule has 1 amide bonds. The number of hydrogen-bond acceptors (Lipinski definition) is 4. The number of nitrogens with zero attached hydrogens (tertiary/aromatic N) is 2. The number of carbonyl (C=O) groups is 1. The Bertz CT molecular complexity index is 787. The Hall–Kier alpha value is -2.40. The Morgan fingerprint density at radius 3 is 2.63 bits per heavy atom. The standard InChI is InChI=1S/C22H29N3O2/c1-15(2)27-19-7-5-17(6-8-19)18-13-16(3)24-21(14-18)20-9-10-22(26)25(4)12-11-23-20/h5-8,13-15,20,23H,9-12H2,1-4H3. The number of hydrogen-bond donors (Lipinski definition) is 1. The molecule has 1 fully saturated rings. The second kappa shape index (κ2) is 8.53. The molecule has 3 rings (SSSR count). The second-order valence-corrected chi connectivity index (χ2v) is 7.47. The molecule has 1 unspecified atom stereocenters. The van der Waals surface area contributed by atoms with Crippen LogP contribution in [0.3, 0.4) is 0 Å². The fourth-order valence-corrected chi connectivity index (χ4v) is 3.38. The van der Waals surface area contributed by atoms with Crippen molar-refractivity contribution in [2.75, 3.05) is 20.1 Å². The number of likely N-dealkylation sites (N-methyl/N-ethyl adjacent to an activating group) is 1. The van der Waals surface area contributed by atoms with Gasteiger partial charge in [-0.25, -0.2) is 0 Å². The highest BCUT2D eigenvalue weighted by molar-refractivity contribution is 5.76. The van der Waals surface area contributed by atoms with E-state index >= 15 is 0 Å². The van der Waals surface area contributed by atoms with Crippen molar-refractivity contribution in [1.82, 2.24) is 15.2 Å². The summed E-state index contributed by atoms with van der Waals surface area (Å²) in [5.41, 5.74) is 4.27. The summed E-state index contributed by atoms with van der Waals surface area (Å²) < 4.78 is 5.73. The van der Waals surface area contributed by atoms with E-state index in [1.54, 1.807) is 4.90 Å². The van der Waals surface area contributed by atoms with E-state index in [0.29, 0.717) is 6.42 Å². The molecule has 0 radical (unpaired) electrons. The summed E-state index contributed by atoms with van der Waals surface area (Å²) >= 11 is 0. The molecule has 2 aromatic rings. The summed E-state index contributed by atoms with van der Waals surface area (Å²) in [6.07, 6.45) is 1.47. The van der Waals surface area contributed by atoms with Crippen molar-refractivity contribution in [3.63, 3.8) is 0 Å². The van der Waals surface area contributed by atoms with E-state index in [1.165, 1.54) is 0 Å². The quantitative estimate of drug-likeness (QED) is 0.895. The smallest absolute Gasteiger partial charge is 0.222 e. The maximum absolute atomic E-state index is 12.1. The zero-order valence-electron chi connectivity index (χ0n) is 16.7. The van der Waals surface area contributed by atoms with Crippen molar-refractivity contribution >= 4 is 5.91 Å². The van der Waals surface area contributed by atoms with E-state index < -0.39 is 0 Å². The van der Waals surface area contributed by atoms with Crippen LogP contribution in [0, 0.1) is 6.92 Å². The largest absolute Gasteiger partial charge is 0.491 e. The monoisotopic (exact) mass is 367 g/mol. The number of benzene rings is 1. The Balaban J connectivity index is 1.82. The van der Waals surface area contributed by atoms with Gasteiger partial charge in [0, 0.05) is 32.3 Å². The average Bonchev–Trinajstić information content (AvgIpc) is 2.62. The van der Waals surface area contributed by atoms with Gasteiger partial charge in [-0.15, -0.1) is 0 Å². The molecule has 5 heteroatoms. The number of amides is 1. The number of aromatic nitrogens is 1. The molecule has 1 N–H and O–H groups in total. The first-order chi connectivity index (χ1) is 12.9. The van der Waals surface area contributed by atoms with Crippen molar-refractivity contribution in [3.8, 4) is 16.9 Å². The summed E-state index contributed by atoms with van der Waals surface area (Å²) in [4.78, 5) is 18.6. The molecule has 1 atom stereocenters. The molecule has 5 nitrogen and oxygen atoms in total. The van der Waals surface area contributed by atoms with Gasteiger partial charge in [0.15, 0.2) is 0 Å². The van der Waals surface area contributed by atoms with Gasteiger partial charge in [0.2, 0.25) is 5.91 Å². The lowest BCUT2D eigenvalue weighted by Crippen LogP contribution is -2.38. The first-order valence-corrected chi connectivity index (χ1v) is 9.65. The molecule has 1 aliphatic rings. The number of ether oxygens (including phenoxy) is 1. The minimum absolute atomic E-state index is 0.102. The molecule has 0 spiro atoms. The number of pyridine rings is 1. The fourth-order valence-electron chi connectivity index (χ4n) is 3.38. The highest BCUT2D eigenvalue weighted by Crippen LogP contribution is 2.27. The van der Waals surface area contributed by atoms with Gasteiger partial charge in [0.25, 0.3) is 0 Å². The molecule has 0 aliphatic carbocycles. The first-order valence-electron chi connectivity index (χ1n) is 9.65. The van der Waals surface area contributed by atoms with Crippen molar-refractivity contribution < 1.29 is 9.53 Å². The van der Waals surface area contributed by atoms with Gasteiger partial charge in [-0.1, -0.05) is 12.1 Å². The zero-order chi connectivity index (χ0) is 19.4. The second-order valence-electron chi connectivity index (χ2n) is 7.47. The van der Waals surface area contributed by atoms with Crippen LogP contribution in [0.2, 0.25) is 0 Å². The Labute approximate surface area is 161 Å². The van der Waals surface area contributed by atoms with Crippen LogP contribution in [0.1, 0.15) is 44.1 Å². The van der Waals surface area contributed by atoms with Crippen LogP contribution in [-0.4, -0.2) is 42.0 Å². The third kappa shape index (κ3) is 5.07. The number of aryl methyl sites for hydroxylation is 1. The molecule has 144 valence electrons. The predicted octanol–water partition coefficient (Wildman–Crippen LogP) is 3.73. The molecule has 0 bridgehead atoms. The molecule has 1 aromatic carbocycles. The van der Waals surface area contributed by atoms with Gasteiger partial charge in [-0.05, 0) is 62.6 Å². The Kier molecular flexibility index (Phi) is 6.11. The maximum Gasteiger partial charge on any atom is 0.222 e. The maximum atomic E-state index is 12.1. The highest BCUT2D eigenvalue weighted by Gasteiger charge is 2.20. The average molecular weight is 367 g/mol. The third-order valence-corrected chi connectivity index (χ3v) is 4.80. The molecule has 1 aliphatic heterocycles. The van der Waals surface area contributed by atoms with E-state index in [1.807, 2.05) is 40.0 Å². The number of nitrogens with one attached hydrogen (secondary N) is 1. The first kappa shape index (κ1) is 19.4. The van der Waals surface area contributed by atoms with Crippen molar-refractivity contribution in [2.45, 2.75) is 45.8 Å². The van der Waals surface area contributed by atoms with E-state index in [4.69, 9.17) is 9.72 Å². The van der Waals surface area contributed by atoms with Crippen LogP contribution in [0.4, 0.5) is 0 Å². The van der Waals surface area contributed by atoms with E-state index in [9.17, 15) is 4.79 Å². The predicted molar refractivity (Wildman–Crippen MR) is 108 cm³/mol. The van der Waals surface area contributed by atoms with Gasteiger partial charge < -0.3 is 15.0 Å². The van der Waals surface area contributed by atoms with Crippen LogP contribution in [0.5, 0.6) is 5.75 Å². The summed E-state index contributed by atoms with van der Waals surface area (Å²) in [6, 6.07) is 12.5. The van der Waals surface area contributed by atoms with Crippen LogP contribution in [0.25, 0.3) is 11.1 Å². The Morgan fingerprint density at radius 2 is 1.93 bits per heavy atom. The van der Waals surface area contributed by atoms with E-state index in [-0.39, 0.29) is 18.1 Å². The lowest BCUT2D eigenvalue weighted by Gasteiger charge is -2.26. The number of rotatable bonds is 4. The molecule has 1 aromatic heterocycles. The molecular formula is C22H29N3O2. The van der Waals surface area contributed by atoms with Crippen molar-refractivity contribution in [2.24, 2.45) is 0 Å². The minimum atomic E-state index is 0.102. The number of carbonyl (C=O) groups excluding carboxylic acids is 1. The summed E-state index contributed by atoms with van der Waals surface area (Å²) in [7, 11) is 1.86. The van der Waals surface area contributed by atoms with Gasteiger partial charge >= 0.3 is 0 Å². The summed E-state index contributed by atoms with van der Waals surface area (Å²) in [5, 5.41) is 3.55. The van der Waals surface area contributed by atoms with Gasteiger partial charge in [0.05, 0.1) is 17.8 Å². The molecular weight excluding hydrogens is 338 g/mol. The minimum Gasteiger partial charge on any atom is -0.491 e. The van der Waals surface area contributed by atoms with Gasteiger partial charge in [-0.3, -0.25) is 9.78 Å². The third-order valence-electron chi connectivity index (χ3n) is 4.80. The lowest BCUT2D eigenvalue weighted by molar-refractivity contribution is -0.130. The Morgan fingerprint density at radius 1 is 1.19 bits per heavy atom. The molecule has 1 saturated heterocycles. The van der Waals surface area contributed by atoms with Crippen molar-refractivity contribution in [1.29, 1.82) is 0 Å². The molecule has 27 heavy (non-hydrogen) atoms. The summed E-state index contributed by atoms with van der Waals surface area (Å²) in [6.45, 7) is 7.57. The normalized spacial score (nSPS) is 18.3. The van der Waals surface area contributed by atoms with Crippen LogP contribution < -0.4 is 10.1 Å². The highest BCUT2D eigenvalue weighted by atomic mass is 16.5. The molecule has 2 heterocycles. The SMILES string of the molecule is Cc1cc(-c2ccc(OC(C)C)cc2)cc(C2CCC(=O)N(C)CCN2)n1. The molecule has 0 saturated carbocycles. The van der Waals surface area contributed by atoms with Crippen LogP contribution >= 0.6 is 0 Å². The van der Waals surface area contributed by atoms with E-state index in [2.05, 4.69) is 29.6 Å².